The fraction of sp³-hybridized carbons (Fsp3) is 0.0909. The lowest BCUT2D eigenvalue weighted by Crippen LogP contribution is -2.15. The molecule has 0 unspecified atom stereocenters. The summed E-state index contributed by atoms with van der Waals surface area (Å²) in [6, 6.07) is 12.1. The maximum Gasteiger partial charge on any atom is 0.271 e. The lowest BCUT2D eigenvalue weighted by molar-refractivity contribution is -0.385. The zero-order chi connectivity index (χ0) is 25.0. The van der Waals surface area contributed by atoms with Crippen LogP contribution in [0.15, 0.2) is 65.6 Å². The number of non-ortho nitro benzene ring substituents is 1. The molecule has 3 aromatic rings. The van der Waals surface area contributed by atoms with Gasteiger partial charge in [-0.15, -0.1) is 0 Å². The summed E-state index contributed by atoms with van der Waals surface area (Å²) in [5, 5.41) is 16.2. The van der Waals surface area contributed by atoms with E-state index in [9.17, 15) is 32.5 Å². The first kappa shape index (κ1) is 24.3. The second-order valence-electron chi connectivity index (χ2n) is 7.08. The normalized spacial score (nSPS) is 10.9. The average molecular weight is 487 g/mol. The summed E-state index contributed by atoms with van der Waals surface area (Å²) in [7, 11) is -2.46. The number of nitro benzene ring substituents is 1. The predicted molar refractivity (Wildman–Crippen MR) is 122 cm³/mol. The molecule has 0 aromatic heterocycles. The first-order valence-corrected chi connectivity index (χ1v) is 11.4. The molecule has 0 aliphatic rings. The molecular formula is C22H18FN3O7S. The van der Waals surface area contributed by atoms with Gasteiger partial charge >= 0.3 is 0 Å². The van der Waals surface area contributed by atoms with Gasteiger partial charge in [-0.3, -0.25) is 19.7 Å². The highest BCUT2D eigenvalue weighted by atomic mass is 32.2. The third-order valence-corrected chi connectivity index (χ3v) is 5.68. The minimum Gasteiger partial charge on any atom is -0.495 e. The highest BCUT2D eigenvalue weighted by molar-refractivity contribution is 7.90. The first-order chi connectivity index (χ1) is 16.0. The minimum atomic E-state index is -3.82. The molecule has 0 aliphatic heterocycles. The quantitative estimate of drug-likeness (QED) is 0.382. The van der Waals surface area contributed by atoms with Crippen molar-refractivity contribution in [2.24, 2.45) is 0 Å². The molecule has 3 aromatic carbocycles. The zero-order valence-electron chi connectivity index (χ0n) is 17.9. The van der Waals surface area contributed by atoms with Crippen LogP contribution in [0.4, 0.5) is 21.5 Å². The van der Waals surface area contributed by atoms with Crippen molar-refractivity contribution in [1.29, 1.82) is 0 Å². The molecule has 3 rings (SSSR count). The van der Waals surface area contributed by atoms with E-state index >= 15 is 0 Å². The second-order valence-corrected chi connectivity index (χ2v) is 9.09. The third-order valence-electron chi connectivity index (χ3n) is 4.58. The lowest BCUT2D eigenvalue weighted by Gasteiger charge is -2.13. The Bertz CT molecular complexity index is 1410. The molecule has 0 fully saturated rings. The number of benzene rings is 3. The predicted octanol–water partition coefficient (Wildman–Crippen LogP) is 3.65. The molecule has 0 aliphatic carbocycles. The van der Waals surface area contributed by atoms with Crippen molar-refractivity contribution in [2.45, 2.75) is 4.90 Å². The van der Waals surface area contributed by atoms with Gasteiger partial charge < -0.3 is 15.4 Å². The molecule has 0 saturated carbocycles. The number of amides is 2. The van der Waals surface area contributed by atoms with Crippen LogP contribution in [0.2, 0.25) is 0 Å². The van der Waals surface area contributed by atoms with E-state index in [1.54, 1.807) is 0 Å². The number of hydrogen-bond donors (Lipinski definition) is 2. The summed E-state index contributed by atoms with van der Waals surface area (Å²) in [5.41, 5.74) is -0.429. The molecule has 0 bridgehead atoms. The largest absolute Gasteiger partial charge is 0.495 e. The fourth-order valence-electron chi connectivity index (χ4n) is 2.94. The first-order valence-electron chi connectivity index (χ1n) is 9.54. The van der Waals surface area contributed by atoms with Crippen LogP contribution < -0.4 is 15.4 Å². The molecule has 2 N–H and O–H groups in total. The smallest absolute Gasteiger partial charge is 0.271 e. The number of carbonyl (C=O) groups is 2. The maximum atomic E-state index is 13.4. The molecule has 12 heteroatoms. The van der Waals surface area contributed by atoms with Crippen LogP contribution in [0.1, 0.15) is 20.7 Å². The van der Waals surface area contributed by atoms with Crippen molar-refractivity contribution in [1.82, 2.24) is 0 Å². The Morgan fingerprint density at radius 1 is 0.971 bits per heavy atom. The van der Waals surface area contributed by atoms with Gasteiger partial charge in [0, 0.05) is 35.2 Å². The third kappa shape index (κ3) is 5.72. The molecule has 0 atom stereocenters. The van der Waals surface area contributed by atoms with Crippen molar-refractivity contribution >= 4 is 38.7 Å². The Morgan fingerprint density at radius 2 is 1.68 bits per heavy atom. The van der Waals surface area contributed by atoms with Crippen LogP contribution >= 0.6 is 0 Å². The van der Waals surface area contributed by atoms with Crippen LogP contribution in [-0.2, 0) is 9.84 Å². The average Bonchev–Trinajstić information content (AvgIpc) is 2.78. The molecule has 0 heterocycles. The molecule has 0 radical (unpaired) electrons. The van der Waals surface area contributed by atoms with Crippen molar-refractivity contribution in [3.05, 3.63) is 87.7 Å². The number of nitrogens with one attached hydrogen (secondary N) is 2. The van der Waals surface area contributed by atoms with Gasteiger partial charge in [0.15, 0.2) is 9.84 Å². The van der Waals surface area contributed by atoms with Gasteiger partial charge in [0.1, 0.15) is 11.6 Å². The molecular weight excluding hydrogens is 469 g/mol. The van der Waals surface area contributed by atoms with Gasteiger partial charge in [-0.05, 0) is 42.5 Å². The SMILES string of the molecule is COc1ccc(NC(=O)c2cc([N+](=O)[O-])cc(S(C)(=O)=O)c2)cc1NC(=O)c1cccc(F)c1. The van der Waals surface area contributed by atoms with Crippen molar-refractivity contribution in [3.63, 3.8) is 0 Å². The van der Waals surface area contributed by atoms with Crippen molar-refractivity contribution in [2.75, 3.05) is 24.0 Å². The van der Waals surface area contributed by atoms with Gasteiger partial charge in [0.05, 0.1) is 22.6 Å². The summed E-state index contributed by atoms with van der Waals surface area (Å²) < 4.78 is 42.4. The monoisotopic (exact) mass is 487 g/mol. The van der Waals surface area contributed by atoms with Crippen LogP contribution in [0, 0.1) is 15.9 Å². The molecule has 176 valence electrons. The van der Waals surface area contributed by atoms with Crippen LogP contribution in [0.5, 0.6) is 5.75 Å². The van der Waals surface area contributed by atoms with E-state index in [4.69, 9.17) is 4.74 Å². The van der Waals surface area contributed by atoms with Gasteiger partial charge in [-0.25, -0.2) is 12.8 Å². The van der Waals surface area contributed by atoms with Gasteiger partial charge in [-0.1, -0.05) is 6.07 Å². The number of methoxy groups -OCH3 is 1. The number of carbonyl (C=O) groups excluding carboxylic acids is 2. The summed E-state index contributed by atoms with van der Waals surface area (Å²) in [5.74, 6) is -1.79. The van der Waals surface area contributed by atoms with Gasteiger partial charge in [-0.2, -0.15) is 0 Å². The highest BCUT2D eigenvalue weighted by Gasteiger charge is 2.20. The van der Waals surface area contributed by atoms with E-state index < -0.39 is 38.1 Å². The molecule has 34 heavy (non-hydrogen) atoms. The lowest BCUT2D eigenvalue weighted by atomic mass is 10.1. The fourth-order valence-corrected chi connectivity index (χ4v) is 3.62. The minimum absolute atomic E-state index is 0.0568. The maximum absolute atomic E-state index is 13.4. The Labute approximate surface area is 193 Å². The van der Waals surface area contributed by atoms with E-state index in [1.807, 2.05) is 0 Å². The van der Waals surface area contributed by atoms with E-state index in [1.165, 1.54) is 43.5 Å². The number of rotatable bonds is 7. The summed E-state index contributed by atoms with van der Waals surface area (Å²) in [6.45, 7) is 0. The molecule has 2 amide bonds. The van der Waals surface area contributed by atoms with E-state index in [-0.39, 0.29) is 33.1 Å². The standard InChI is InChI=1S/C22H18FN3O7S/c1-33-20-7-6-16(11-19(20)25-21(27)13-4-3-5-15(23)8-13)24-22(28)14-9-17(26(29)30)12-18(10-14)34(2,31)32/h3-12H,1-2H3,(H,24,28)(H,25,27). The van der Waals surface area contributed by atoms with Crippen molar-refractivity contribution < 1.29 is 32.1 Å². The van der Waals surface area contributed by atoms with Crippen LogP contribution in [0.3, 0.4) is 0 Å². The second kappa shape index (κ2) is 9.67. The number of nitrogens with zero attached hydrogens (tertiary/aromatic N) is 1. The van der Waals surface area contributed by atoms with Gasteiger partial charge in [0.25, 0.3) is 17.5 Å². The van der Waals surface area contributed by atoms with Crippen LogP contribution in [-0.4, -0.2) is 38.5 Å². The van der Waals surface area contributed by atoms with E-state index in [0.29, 0.717) is 0 Å². The van der Waals surface area contributed by atoms with Crippen molar-refractivity contribution in [3.8, 4) is 5.75 Å². The zero-order valence-corrected chi connectivity index (χ0v) is 18.7. The van der Waals surface area contributed by atoms with Gasteiger partial charge in [0.2, 0.25) is 0 Å². The number of halogens is 1. The Morgan fingerprint density at radius 3 is 2.29 bits per heavy atom. The number of nitro groups is 1. The summed E-state index contributed by atoms with van der Waals surface area (Å²) >= 11 is 0. The van der Waals surface area contributed by atoms with E-state index in [2.05, 4.69) is 10.6 Å². The number of hydrogen-bond acceptors (Lipinski definition) is 7. The molecule has 10 nitrogen and oxygen atoms in total. The van der Waals surface area contributed by atoms with Crippen LogP contribution in [0.25, 0.3) is 0 Å². The highest BCUT2D eigenvalue weighted by Crippen LogP contribution is 2.29. The summed E-state index contributed by atoms with van der Waals surface area (Å²) in [6.07, 6.45) is 0.866. The number of ether oxygens (including phenoxy) is 1. The Balaban J connectivity index is 1.90. The Hall–Kier alpha value is -4.32. The summed E-state index contributed by atoms with van der Waals surface area (Å²) in [4.78, 5) is 35.2. The molecule has 0 saturated heterocycles. The number of sulfone groups is 1. The van der Waals surface area contributed by atoms with E-state index in [0.717, 1.165) is 30.5 Å². The number of anilines is 2. The molecule has 0 spiro atoms. The Kier molecular flexibility index (Phi) is 6.92. The topological polar surface area (TPSA) is 145 Å².